The van der Waals surface area contributed by atoms with E-state index < -0.39 is 0 Å². The zero-order valence-corrected chi connectivity index (χ0v) is 8.22. The molecule has 0 radical (unpaired) electrons. The minimum absolute atomic E-state index is 0.0450. The van der Waals surface area contributed by atoms with Crippen LogP contribution in [-0.4, -0.2) is 17.7 Å². The molecular formula is C10H14O3. The van der Waals surface area contributed by atoms with Crippen LogP contribution in [0.3, 0.4) is 0 Å². The van der Waals surface area contributed by atoms with Gasteiger partial charge in [0.15, 0.2) is 5.78 Å². The van der Waals surface area contributed by atoms with E-state index in [9.17, 15) is 9.59 Å². The molecule has 0 aromatic rings. The molecule has 13 heavy (non-hydrogen) atoms. The molecule has 0 amide bonds. The van der Waals surface area contributed by atoms with Crippen molar-refractivity contribution in [1.82, 2.24) is 0 Å². The Bertz CT molecular complexity index is 276. The number of ether oxygens (including phenoxy) is 1. The Balaban J connectivity index is 2.59. The van der Waals surface area contributed by atoms with Gasteiger partial charge in [-0.1, -0.05) is 0 Å². The summed E-state index contributed by atoms with van der Waals surface area (Å²) in [5.41, 5.74) is 0.728. The van der Waals surface area contributed by atoms with Gasteiger partial charge in [0, 0.05) is 18.4 Å². The summed E-state index contributed by atoms with van der Waals surface area (Å²) in [6, 6.07) is 0. The van der Waals surface area contributed by atoms with E-state index in [1.807, 2.05) is 0 Å². The number of Topliss-reactive ketones (excluding diaryl/α,β-unsaturated/α-hetero) is 2. The second kappa shape index (κ2) is 3.73. The van der Waals surface area contributed by atoms with E-state index in [2.05, 4.69) is 0 Å². The van der Waals surface area contributed by atoms with Gasteiger partial charge in [-0.15, -0.1) is 0 Å². The van der Waals surface area contributed by atoms with E-state index in [1.54, 1.807) is 6.92 Å². The molecule has 0 saturated heterocycles. The van der Waals surface area contributed by atoms with Crippen molar-refractivity contribution in [3.8, 4) is 0 Å². The molecule has 0 spiro atoms. The Kier molecular flexibility index (Phi) is 2.86. The summed E-state index contributed by atoms with van der Waals surface area (Å²) in [6.45, 7) is 4.83. The van der Waals surface area contributed by atoms with Crippen molar-refractivity contribution in [3.63, 3.8) is 0 Å². The van der Waals surface area contributed by atoms with Gasteiger partial charge in [0.25, 0.3) is 0 Å². The number of carbonyl (C=O) groups is 2. The van der Waals surface area contributed by atoms with E-state index in [0.29, 0.717) is 18.6 Å². The van der Waals surface area contributed by atoms with Gasteiger partial charge in [-0.2, -0.15) is 0 Å². The average molecular weight is 182 g/mol. The zero-order valence-electron chi connectivity index (χ0n) is 8.22. The van der Waals surface area contributed by atoms with Crippen LogP contribution in [0.15, 0.2) is 11.3 Å². The van der Waals surface area contributed by atoms with E-state index in [4.69, 9.17) is 4.74 Å². The first-order valence-electron chi connectivity index (χ1n) is 4.37. The number of carbonyl (C=O) groups excluding carboxylic acids is 2. The predicted molar refractivity (Wildman–Crippen MR) is 48.2 cm³/mol. The lowest BCUT2D eigenvalue weighted by Gasteiger charge is -2.08. The van der Waals surface area contributed by atoms with Crippen molar-refractivity contribution in [2.45, 2.75) is 39.7 Å². The molecular weight excluding hydrogens is 168 g/mol. The molecule has 0 aromatic carbocycles. The lowest BCUT2D eigenvalue weighted by atomic mass is 10.0. The van der Waals surface area contributed by atoms with Gasteiger partial charge in [-0.05, 0) is 20.8 Å². The summed E-state index contributed by atoms with van der Waals surface area (Å²) in [4.78, 5) is 21.9. The second-order valence-corrected chi connectivity index (χ2v) is 3.44. The third kappa shape index (κ3) is 2.41. The molecule has 1 heterocycles. The number of allylic oxidation sites excluding steroid dienone is 1. The van der Waals surface area contributed by atoms with Crippen molar-refractivity contribution in [2.75, 3.05) is 0 Å². The normalized spacial score (nSPS) is 21.6. The zero-order chi connectivity index (χ0) is 10.0. The highest BCUT2D eigenvalue weighted by atomic mass is 16.5. The van der Waals surface area contributed by atoms with Crippen LogP contribution in [0.5, 0.6) is 0 Å². The van der Waals surface area contributed by atoms with Crippen molar-refractivity contribution in [1.29, 1.82) is 0 Å². The summed E-state index contributed by atoms with van der Waals surface area (Å²) in [7, 11) is 0. The monoisotopic (exact) mass is 182 g/mol. The summed E-state index contributed by atoms with van der Waals surface area (Å²) in [5, 5.41) is 0. The molecule has 3 nitrogen and oxygen atoms in total. The Labute approximate surface area is 77.8 Å². The second-order valence-electron chi connectivity index (χ2n) is 3.44. The van der Waals surface area contributed by atoms with Crippen molar-refractivity contribution in [3.05, 3.63) is 11.3 Å². The molecule has 0 bridgehead atoms. The smallest absolute Gasteiger partial charge is 0.159 e. The van der Waals surface area contributed by atoms with Gasteiger partial charge >= 0.3 is 0 Å². The summed E-state index contributed by atoms with van der Waals surface area (Å²) >= 11 is 0. The third-order valence-corrected chi connectivity index (χ3v) is 2.14. The van der Waals surface area contributed by atoms with Crippen molar-refractivity contribution < 1.29 is 14.3 Å². The molecule has 1 atom stereocenters. The largest absolute Gasteiger partial charge is 0.494 e. The molecule has 0 aliphatic carbocycles. The fraction of sp³-hybridized carbons (Fsp3) is 0.600. The lowest BCUT2D eigenvalue weighted by Crippen LogP contribution is -2.11. The predicted octanol–water partition coefficient (Wildman–Crippen LogP) is 1.62. The maximum atomic E-state index is 11.1. The molecule has 1 aliphatic heterocycles. The number of ketones is 2. The van der Waals surface area contributed by atoms with Gasteiger partial charge in [-0.25, -0.2) is 0 Å². The highest BCUT2D eigenvalue weighted by Crippen LogP contribution is 2.27. The van der Waals surface area contributed by atoms with Crippen LogP contribution in [0.1, 0.15) is 33.6 Å². The SMILES string of the molecule is CC(=O)CC1CC(C(C)=O)=C(C)O1. The van der Waals surface area contributed by atoms with E-state index in [0.717, 1.165) is 5.57 Å². The van der Waals surface area contributed by atoms with Gasteiger partial charge in [-0.3, -0.25) is 9.59 Å². The highest BCUT2D eigenvalue weighted by Gasteiger charge is 2.26. The van der Waals surface area contributed by atoms with E-state index in [-0.39, 0.29) is 17.7 Å². The van der Waals surface area contributed by atoms with Crippen LogP contribution in [0.4, 0.5) is 0 Å². The molecule has 0 fully saturated rings. The first-order chi connectivity index (χ1) is 6.00. The molecule has 0 aromatic heterocycles. The van der Waals surface area contributed by atoms with Gasteiger partial charge in [0.05, 0.1) is 0 Å². The Hall–Kier alpha value is -1.12. The van der Waals surface area contributed by atoms with Crippen LogP contribution in [0, 0.1) is 0 Å². The van der Waals surface area contributed by atoms with Crippen molar-refractivity contribution >= 4 is 11.6 Å². The quantitative estimate of drug-likeness (QED) is 0.666. The topological polar surface area (TPSA) is 43.4 Å². The Morgan fingerprint density at radius 1 is 1.46 bits per heavy atom. The van der Waals surface area contributed by atoms with Crippen LogP contribution in [0.2, 0.25) is 0 Å². The summed E-state index contributed by atoms with van der Waals surface area (Å²) in [6.07, 6.45) is 0.867. The fourth-order valence-corrected chi connectivity index (χ4v) is 1.56. The van der Waals surface area contributed by atoms with Crippen LogP contribution in [0.25, 0.3) is 0 Å². The molecule has 1 unspecified atom stereocenters. The van der Waals surface area contributed by atoms with Crippen molar-refractivity contribution in [2.24, 2.45) is 0 Å². The van der Waals surface area contributed by atoms with E-state index in [1.165, 1.54) is 13.8 Å². The molecule has 0 N–H and O–H groups in total. The van der Waals surface area contributed by atoms with Gasteiger partial charge in [0.1, 0.15) is 17.6 Å². The van der Waals surface area contributed by atoms with Crippen LogP contribution >= 0.6 is 0 Å². The number of hydrogen-bond donors (Lipinski definition) is 0. The lowest BCUT2D eigenvalue weighted by molar-refractivity contribution is -0.119. The average Bonchev–Trinajstić information content (AvgIpc) is 2.29. The number of rotatable bonds is 3. The molecule has 3 heteroatoms. The van der Waals surface area contributed by atoms with Crippen LogP contribution < -0.4 is 0 Å². The number of hydrogen-bond acceptors (Lipinski definition) is 3. The summed E-state index contributed by atoms with van der Waals surface area (Å²) < 4.78 is 5.38. The molecule has 72 valence electrons. The maximum Gasteiger partial charge on any atom is 0.159 e. The third-order valence-electron chi connectivity index (χ3n) is 2.14. The standard InChI is InChI=1S/C10H14O3/c1-6(11)4-9-5-10(7(2)12)8(3)13-9/h9H,4-5H2,1-3H3. The molecule has 1 aliphatic rings. The maximum absolute atomic E-state index is 11.1. The fourth-order valence-electron chi connectivity index (χ4n) is 1.56. The minimum Gasteiger partial charge on any atom is -0.494 e. The van der Waals surface area contributed by atoms with Crippen LogP contribution in [-0.2, 0) is 14.3 Å². The first kappa shape index (κ1) is 9.96. The molecule has 1 rings (SSSR count). The Morgan fingerprint density at radius 3 is 2.46 bits per heavy atom. The van der Waals surface area contributed by atoms with Gasteiger partial charge < -0.3 is 4.74 Å². The highest BCUT2D eigenvalue weighted by molar-refractivity contribution is 5.94. The minimum atomic E-state index is -0.114. The van der Waals surface area contributed by atoms with Gasteiger partial charge in [0.2, 0.25) is 0 Å². The first-order valence-corrected chi connectivity index (χ1v) is 4.37. The summed E-state index contributed by atoms with van der Waals surface area (Å²) in [5.74, 6) is 0.824. The molecule has 0 saturated carbocycles. The van der Waals surface area contributed by atoms with E-state index >= 15 is 0 Å². The Morgan fingerprint density at radius 2 is 2.08 bits per heavy atom.